The molecule has 1 aromatic carbocycles. The third-order valence-corrected chi connectivity index (χ3v) is 3.29. The van der Waals surface area contributed by atoms with E-state index in [1.165, 1.54) is 6.20 Å². The smallest absolute Gasteiger partial charge is 0.356 e. The molecular weight excluding hydrogens is 313 g/mol. The summed E-state index contributed by atoms with van der Waals surface area (Å²) in [6, 6.07) is 4.87. The second-order valence-corrected chi connectivity index (χ2v) is 5.54. The topological polar surface area (TPSA) is 75.1 Å². The summed E-state index contributed by atoms with van der Waals surface area (Å²) in [5.41, 5.74) is 0.647. The van der Waals surface area contributed by atoms with Crippen LogP contribution in [0.15, 0.2) is 24.4 Å². The van der Waals surface area contributed by atoms with Crippen LogP contribution < -0.4 is 5.32 Å². The van der Waals surface area contributed by atoms with E-state index in [-0.39, 0.29) is 17.3 Å². The Balaban J connectivity index is 2.44. The number of carbonyl (C=O) groups is 1. The van der Waals surface area contributed by atoms with Crippen LogP contribution in [0.5, 0.6) is 0 Å². The van der Waals surface area contributed by atoms with Crippen molar-refractivity contribution < 1.29 is 9.90 Å². The molecule has 2 aromatic rings. The van der Waals surface area contributed by atoms with Gasteiger partial charge in [0, 0.05) is 10.9 Å². The second-order valence-electron chi connectivity index (χ2n) is 4.70. The van der Waals surface area contributed by atoms with Crippen LogP contribution in [0.2, 0.25) is 10.0 Å². The Hall–Kier alpha value is -1.85. The molecular formula is C14H13Cl2N3O2. The third kappa shape index (κ3) is 3.62. The fourth-order valence-electron chi connectivity index (χ4n) is 1.67. The maximum absolute atomic E-state index is 11.3. The lowest BCUT2D eigenvalue weighted by Crippen LogP contribution is -2.10. The van der Waals surface area contributed by atoms with Crippen LogP contribution in [0.1, 0.15) is 36.1 Å². The molecule has 0 atom stereocenters. The summed E-state index contributed by atoms with van der Waals surface area (Å²) in [7, 11) is 0. The van der Waals surface area contributed by atoms with Crippen molar-refractivity contribution in [3.63, 3.8) is 0 Å². The van der Waals surface area contributed by atoms with Gasteiger partial charge in [0.1, 0.15) is 5.82 Å². The SMILES string of the molecule is CC(C)c1ncc(Nc2cc(Cl)ccc2Cl)c(C(=O)O)n1. The first-order valence-electron chi connectivity index (χ1n) is 6.20. The molecule has 21 heavy (non-hydrogen) atoms. The predicted molar refractivity (Wildman–Crippen MR) is 82.8 cm³/mol. The molecule has 0 aliphatic carbocycles. The number of hydrogen-bond acceptors (Lipinski definition) is 4. The molecule has 0 unspecified atom stereocenters. The molecule has 0 saturated heterocycles. The van der Waals surface area contributed by atoms with Gasteiger partial charge in [0.15, 0.2) is 5.69 Å². The molecule has 0 radical (unpaired) electrons. The minimum atomic E-state index is -1.14. The van der Waals surface area contributed by atoms with Crippen LogP contribution in [0, 0.1) is 0 Å². The molecule has 2 rings (SSSR count). The van der Waals surface area contributed by atoms with Gasteiger partial charge < -0.3 is 10.4 Å². The van der Waals surface area contributed by atoms with Gasteiger partial charge in [0.05, 0.1) is 22.6 Å². The Morgan fingerprint density at radius 3 is 2.62 bits per heavy atom. The number of halogens is 2. The van der Waals surface area contributed by atoms with Crippen molar-refractivity contribution >= 4 is 40.5 Å². The van der Waals surface area contributed by atoms with E-state index in [0.717, 1.165) is 0 Å². The Bertz CT molecular complexity index is 690. The summed E-state index contributed by atoms with van der Waals surface area (Å²) in [6.07, 6.45) is 1.43. The zero-order valence-electron chi connectivity index (χ0n) is 11.4. The number of nitrogens with zero attached hydrogens (tertiary/aromatic N) is 2. The number of carboxylic acid groups (broad SMARTS) is 1. The first-order valence-corrected chi connectivity index (χ1v) is 6.96. The van der Waals surface area contributed by atoms with Crippen LogP contribution in [-0.2, 0) is 0 Å². The van der Waals surface area contributed by atoms with E-state index in [1.807, 2.05) is 13.8 Å². The molecule has 1 heterocycles. The lowest BCUT2D eigenvalue weighted by atomic mass is 10.2. The number of nitrogens with one attached hydrogen (secondary N) is 1. The van der Waals surface area contributed by atoms with Crippen molar-refractivity contribution in [3.8, 4) is 0 Å². The van der Waals surface area contributed by atoms with Crippen molar-refractivity contribution in [2.75, 3.05) is 5.32 Å². The highest BCUT2D eigenvalue weighted by Gasteiger charge is 2.16. The van der Waals surface area contributed by atoms with Crippen molar-refractivity contribution in [3.05, 3.63) is 46.0 Å². The van der Waals surface area contributed by atoms with E-state index >= 15 is 0 Å². The van der Waals surface area contributed by atoms with E-state index in [0.29, 0.717) is 21.6 Å². The van der Waals surface area contributed by atoms with Crippen molar-refractivity contribution in [2.24, 2.45) is 0 Å². The van der Waals surface area contributed by atoms with Crippen LogP contribution >= 0.6 is 23.2 Å². The van der Waals surface area contributed by atoms with Crippen molar-refractivity contribution in [1.29, 1.82) is 0 Å². The number of anilines is 2. The molecule has 1 aromatic heterocycles. The minimum absolute atomic E-state index is 0.0342. The van der Waals surface area contributed by atoms with Gasteiger partial charge in [-0.1, -0.05) is 37.0 Å². The predicted octanol–water partition coefficient (Wildman–Crippen LogP) is 4.35. The van der Waals surface area contributed by atoms with Crippen LogP contribution in [0.4, 0.5) is 11.4 Å². The number of carboxylic acids is 1. The van der Waals surface area contributed by atoms with Gasteiger partial charge in [0.25, 0.3) is 0 Å². The fourth-order valence-corrected chi connectivity index (χ4v) is 2.00. The lowest BCUT2D eigenvalue weighted by Gasteiger charge is -2.12. The molecule has 5 nitrogen and oxygen atoms in total. The fraction of sp³-hybridized carbons (Fsp3) is 0.214. The van der Waals surface area contributed by atoms with Gasteiger partial charge in [-0.15, -0.1) is 0 Å². The second kappa shape index (κ2) is 6.28. The zero-order chi connectivity index (χ0) is 15.6. The van der Waals surface area contributed by atoms with Crippen molar-refractivity contribution in [2.45, 2.75) is 19.8 Å². The number of benzene rings is 1. The molecule has 0 fully saturated rings. The Morgan fingerprint density at radius 1 is 1.29 bits per heavy atom. The summed E-state index contributed by atoms with van der Waals surface area (Å²) in [4.78, 5) is 19.6. The molecule has 7 heteroatoms. The van der Waals surface area contributed by atoms with Crippen molar-refractivity contribution in [1.82, 2.24) is 9.97 Å². The molecule has 0 bridgehead atoms. The van der Waals surface area contributed by atoms with Gasteiger partial charge in [0.2, 0.25) is 0 Å². The maximum atomic E-state index is 11.3. The van der Waals surface area contributed by atoms with E-state index in [2.05, 4.69) is 15.3 Å². The molecule has 0 spiro atoms. The standard InChI is InChI=1S/C14H13Cl2N3O2/c1-7(2)13-17-6-11(12(19-13)14(20)21)18-10-5-8(15)3-4-9(10)16/h3-7,18H,1-2H3,(H,20,21). The number of aromatic carboxylic acids is 1. The largest absolute Gasteiger partial charge is 0.476 e. The Morgan fingerprint density at radius 2 is 2.00 bits per heavy atom. The summed E-state index contributed by atoms with van der Waals surface area (Å²) in [5, 5.41) is 13.1. The minimum Gasteiger partial charge on any atom is -0.476 e. The summed E-state index contributed by atoms with van der Waals surface area (Å²) >= 11 is 12.0. The highest BCUT2D eigenvalue weighted by molar-refractivity contribution is 6.35. The number of rotatable bonds is 4. The van der Waals surface area contributed by atoms with E-state index < -0.39 is 5.97 Å². The van der Waals surface area contributed by atoms with Gasteiger partial charge >= 0.3 is 5.97 Å². The van der Waals surface area contributed by atoms with E-state index in [1.54, 1.807) is 18.2 Å². The lowest BCUT2D eigenvalue weighted by molar-refractivity contribution is 0.0691. The first kappa shape index (κ1) is 15.5. The molecule has 2 N–H and O–H groups in total. The van der Waals surface area contributed by atoms with Crippen LogP contribution in [0.3, 0.4) is 0 Å². The number of aromatic nitrogens is 2. The average molecular weight is 326 g/mol. The third-order valence-electron chi connectivity index (χ3n) is 2.72. The van der Waals surface area contributed by atoms with Gasteiger partial charge in [-0.2, -0.15) is 0 Å². The van der Waals surface area contributed by atoms with Gasteiger partial charge in [-0.25, -0.2) is 14.8 Å². The average Bonchev–Trinajstić information content (AvgIpc) is 2.42. The summed E-state index contributed by atoms with van der Waals surface area (Å²) in [5.74, 6) is -0.637. The summed E-state index contributed by atoms with van der Waals surface area (Å²) in [6.45, 7) is 3.78. The summed E-state index contributed by atoms with van der Waals surface area (Å²) < 4.78 is 0. The maximum Gasteiger partial charge on any atom is 0.356 e. The Kier molecular flexibility index (Phi) is 4.65. The molecule has 0 aliphatic heterocycles. The quantitative estimate of drug-likeness (QED) is 0.874. The highest BCUT2D eigenvalue weighted by atomic mass is 35.5. The number of hydrogen-bond donors (Lipinski definition) is 2. The first-order chi connectivity index (χ1) is 9.88. The highest BCUT2D eigenvalue weighted by Crippen LogP contribution is 2.29. The van der Waals surface area contributed by atoms with Crippen LogP contribution in [0.25, 0.3) is 0 Å². The van der Waals surface area contributed by atoms with E-state index in [9.17, 15) is 9.90 Å². The molecule has 110 valence electrons. The van der Waals surface area contributed by atoms with Gasteiger partial charge in [-0.3, -0.25) is 0 Å². The Labute approximate surface area is 131 Å². The molecule has 0 amide bonds. The monoisotopic (exact) mass is 325 g/mol. The van der Waals surface area contributed by atoms with Crippen LogP contribution in [-0.4, -0.2) is 21.0 Å². The van der Waals surface area contributed by atoms with E-state index in [4.69, 9.17) is 23.2 Å². The molecule has 0 aliphatic rings. The molecule has 0 saturated carbocycles. The van der Waals surface area contributed by atoms with Gasteiger partial charge in [-0.05, 0) is 18.2 Å². The normalized spacial score (nSPS) is 10.7. The zero-order valence-corrected chi connectivity index (χ0v) is 12.9.